The van der Waals surface area contributed by atoms with E-state index < -0.39 is 29.1 Å². The Morgan fingerprint density at radius 3 is 2.65 bits per heavy atom. The quantitative estimate of drug-likeness (QED) is 0.290. The van der Waals surface area contributed by atoms with Gasteiger partial charge in [-0.2, -0.15) is 0 Å². The molecule has 2 aromatic carbocycles. The van der Waals surface area contributed by atoms with Crippen LogP contribution in [-0.4, -0.2) is 69.0 Å². The van der Waals surface area contributed by atoms with Gasteiger partial charge >= 0.3 is 0 Å². The van der Waals surface area contributed by atoms with Crippen LogP contribution >= 0.6 is 0 Å². The van der Waals surface area contributed by atoms with Gasteiger partial charge < -0.3 is 29.9 Å². The van der Waals surface area contributed by atoms with Gasteiger partial charge in [0.1, 0.15) is 5.75 Å². The number of nitrogens with one attached hydrogen (secondary N) is 1. The average molecular weight is 590 g/mol. The molecule has 3 heterocycles. The summed E-state index contributed by atoms with van der Waals surface area (Å²) >= 11 is 0. The van der Waals surface area contributed by atoms with Crippen molar-refractivity contribution in [1.29, 1.82) is 0 Å². The number of rotatable bonds is 11. The maximum atomic E-state index is 14.3. The van der Waals surface area contributed by atoms with Gasteiger partial charge in [-0.05, 0) is 62.7 Å². The van der Waals surface area contributed by atoms with E-state index in [9.17, 15) is 19.8 Å². The topological polar surface area (TPSA) is 139 Å². The first-order chi connectivity index (χ1) is 20.5. The molecule has 5 rings (SSSR count). The van der Waals surface area contributed by atoms with Gasteiger partial charge in [0.2, 0.25) is 0 Å². The van der Waals surface area contributed by atoms with E-state index in [1.165, 1.54) is 0 Å². The van der Waals surface area contributed by atoms with E-state index in [2.05, 4.69) is 22.2 Å². The van der Waals surface area contributed by atoms with E-state index in [0.29, 0.717) is 53.3 Å². The summed E-state index contributed by atoms with van der Waals surface area (Å²) in [6.45, 7) is 9.99. The number of hydrogen-bond donors (Lipinski definition) is 3. The third-order valence-electron chi connectivity index (χ3n) is 8.50. The number of benzene rings is 2. The van der Waals surface area contributed by atoms with Crippen molar-refractivity contribution in [3.63, 3.8) is 0 Å². The van der Waals surface area contributed by atoms with Crippen LogP contribution in [-0.2, 0) is 28.1 Å². The first-order valence-corrected chi connectivity index (χ1v) is 14.5. The second-order valence-electron chi connectivity index (χ2n) is 11.7. The molecule has 3 aromatic rings. The number of methoxy groups -OCH3 is 1. The maximum Gasteiger partial charge on any atom is 0.264 e. The molecule has 1 aromatic heterocycles. The van der Waals surface area contributed by atoms with Gasteiger partial charge in [-0.1, -0.05) is 18.2 Å². The molecule has 0 saturated carbocycles. The highest BCUT2D eigenvalue weighted by atomic mass is 16.5. The molecule has 0 aliphatic carbocycles. The molecule has 0 bridgehead atoms. The molecular formula is C32H39N5O6. The summed E-state index contributed by atoms with van der Waals surface area (Å²) < 4.78 is 13.7. The van der Waals surface area contributed by atoms with Crippen molar-refractivity contribution < 1.29 is 29.3 Å². The normalized spacial score (nSPS) is 23.1. The molecule has 11 nitrogen and oxygen atoms in total. The highest BCUT2D eigenvalue weighted by Gasteiger charge is 2.65. The summed E-state index contributed by atoms with van der Waals surface area (Å²) in [6, 6.07) is 12.2. The summed E-state index contributed by atoms with van der Waals surface area (Å²) in [5, 5.41) is 31.8. The van der Waals surface area contributed by atoms with E-state index in [1.54, 1.807) is 79.2 Å². The van der Waals surface area contributed by atoms with E-state index >= 15 is 0 Å². The van der Waals surface area contributed by atoms with Gasteiger partial charge in [-0.15, -0.1) is 11.7 Å². The van der Waals surface area contributed by atoms with Crippen LogP contribution < -0.4 is 15.0 Å². The van der Waals surface area contributed by atoms with Gasteiger partial charge in [0.05, 0.1) is 30.2 Å². The van der Waals surface area contributed by atoms with E-state index in [4.69, 9.17) is 9.47 Å². The second-order valence-corrected chi connectivity index (χ2v) is 11.7. The highest BCUT2D eigenvalue weighted by Crippen LogP contribution is 2.58. The number of carbonyl (C=O) groups is 2. The van der Waals surface area contributed by atoms with Crippen molar-refractivity contribution in [2.24, 2.45) is 11.8 Å². The number of ether oxygens (including phenoxy) is 2. The first kappa shape index (κ1) is 30.4. The van der Waals surface area contributed by atoms with E-state index in [-0.39, 0.29) is 25.0 Å². The van der Waals surface area contributed by atoms with Gasteiger partial charge in [-0.25, -0.2) is 0 Å². The molecule has 2 amide bonds. The zero-order valence-corrected chi connectivity index (χ0v) is 25.0. The van der Waals surface area contributed by atoms with Crippen molar-refractivity contribution in [3.05, 3.63) is 78.1 Å². The van der Waals surface area contributed by atoms with Gasteiger partial charge in [-0.3, -0.25) is 14.3 Å². The number of anilines is 2. The molecule has 1 fully saturated rings. The van der Waals surface area contributed by atoms with Crippen LogP contribution in [0, 0.1) is 11.8 Å². The molecule has 43 heavy (non-hydrogen) atoms. The first-order valence-electron chi connectivity index (χ1n) is 14.5. The molecule has 1 saturated heterocycles. The largest absolute Gasteiger partial charge is 0.497 e. The van der Waals surface area contributed by atoms with Crippen LogP contribution in [0.1, 0.15) is 48.8 Å². The average Bonchev–Trinajstić information content (AvgIpc) is 3.62. The van der Waals surface area contributed by atoms with E-state index in [0.717, 1.165) is 0 Å². The highest BCUT2D eigenvalue weighted by molar-refractivity contribution is 6.09. The predicted octanol–water partition coefficient (Wildman–Crippen LogP) is 3.31. The summed E-state index contributed by atoms with van der Waals surface area (Å²) in [4.78, 5) is 29.0. The lowest BCUT2D eigenvalue weighted by Crippen LogP contribution is -2.46. The van der Waals surface area contributed by atoms with Gasteiger partial charge in [0, 0.05) is 61.0 Å². The molecule has 2 aliphatic heterocycles. The summed E-state index contributed by atoms with van der Waals surface area (Å²) in [6.07, 6.45) is 3.84. The molecule has 3 N–H and O–H groups in total. The van der Waals surface area contributed by atoms with Gasteiger partial charge in [0.15, 0.2) is 5.60 Å². The van der Waals surface area contributed by atoms with Crippen LogP contribution in [0.25, 0.3) is 0 Å². The van der Waals surface area contributed by atoms with Crippen LogP contribution in [0.15, 0.2) is 61.3 Å². The van der Waals surface area contributed by atoms with Crippen molar-refractivity contribution >= 4 is 23.2 Å². The number of aliphatic hydroxyl groups is 2. The standard InChI is InChI=1S/C32H39N5O6/c1-6-15-37-26-12-9-22(33-29(39)21-7-10-24(42-5)11-8-21)18-25(26)32(30(37)40)20(2)28(31(3,4)41)27(43-32)13-16-36-19-23(14-17-38)34-35-36/h6-12,18-20,27-28,38,41H,1,13-17H2,2-5H3,(H,33,39)/t20-,27+,28-,32+/m1/s1. The number of aliphatic hydroxyl groups excluding tert-OH is 1. The summed E-state index contributed by atoms with van der Waals surface area (Å²) in [5.74, 6) is -0.687. The van der Waals surface area contributed by atoms with Gasteiger partial charge in [0.25, 0.3) is 11.8 Å². The Labute approximate surface area is 251 Å². The predicted molar refractivity (Wildman–Crippen MR) is 161 cm³/mol. The molecule has 0 unspecified atom stereocenters. The number of aromatic nitrogens is 3. The molecule has 4 atom stereocenters. The Balaban J connectivity index is 1.49. The number of hydrogen-bond acceptors (Lipinski definition) is 8. The fraction of sp³-hybridized carbons (Fsp3) is 0.438. The van der Waals surface area contributed by atoms with Crippen LogP contribution in [0.2, 0.25) is 0 Å². The lowest BCUT2D eigenvalue weighted by molar-refractivity contribution is -0.146. The Bertz CT molecular complexity index is 1500. The Morgan fingerprint density at radius 1 is 1.26 bits per heavy atom. The lowest BCUT2D eigenvalue weighted by Gasteiger charge is -2.34. The van der Waals surface area contributed by atoms with Crippen LogP contribution in [0.4, 0.5) is 11.4 Å². The van der Waals surface area contributed by atoms with Crippen LogP contribution in [0.3, 0.4) is 0 Å². The second kappa shape index (κ2) is 11.9. The summed E-state index contributed by atoms with van der Waals surface area (Å²) in [5.41, 5.74) is 0.446. The Hall–Kier alpha value is -4.06. The molecule has 0 radical (unpaired) electrons. The number of carbonyl (C=O) groups excluding carboxylic acids is 2. The molecule has 228 valence electrons. The van der Waals surface area contributed by atoms with Crippen LogP contribution in [0.5, 0.6) is 5.75 Å². The van der Waals surface area contributed by atoms with Crippen molar-refractivity contribution in [2.75, 3.05) is 30.5 Å². The summed E-state index contributed by atoms with van der Waals surface area (Å²) in [7, 11) is 1.56. The number of aryl methyl sites for hydroxylation is 1. The third kappa shape index (κ3) is 5.55. The third-order valence-corrected chi connectivity index (χ3v) is 8.50. The molecular weight excluding hydrogens is 550 g/mol. The minimum atomic E-state index is -1.38. The smallest absolute Gasteiger partial charge is 0.264 e. The Kier molecular flexibility index (Phi) is 8.42. The van der Waals surface area contributed by atoms with Crippen molar-refractivity contribution in [1.82, 2.24) is 15.0 Å². The fourth-order valence-corrected chi connectivity index (χ4v) is 6.62. The molecule has 1 spiro atoms. The fourth-order valence-electron chi connectivity index (χ4n) is 6.62. The number of amides is 2. The number of nitrogens with zero attached hydrogens (tertiary/aromatic N) is 4. The monoisotopic (exact) mass is 589 g/mol. The zero-order valence-electron chi connectivity index (χ0n) is 25.0. The lowest BCUT2D eigenvalue weighted by atomic mass is 9.71. The van der Waals surface area contributed by atoms with E-state index in [1.807, 2.05) is 13.0 Å². The maximum absolute atomic E-state index is 14.3. The Morgan fingerprint density at radius 2 is 2.00 bits per heavy atom. The SMILES string of the molecule is C=CCN1C(=O)[C@@]2(O[C@@H](CCn3cc(CCO)nn3)[C@H](C(C)(C)O)[C@H]2C)c2cc(NC(=O)c3ccc(OC)cc3)ccc21. The van der Waals surface area contributed by atoms with Crippen molar-refractivity contribution in [3.8, 4) is 5.75 Å². The number of fused-ring (bicyclic) bond motifs is 2. The molecule has 2 aliphatic rings. The molecule has 11 heteroatoms. The minimum Gasteiger partial charge on any atom is -0.497 e. The minimum absolute atomic E-state index is 0.0174. The zero-order chi connectivity index (χ0) is 30.9. The van der Waals surface area contributed by atoms with Crippen molar-refractivity contribution in [2.45, 2.75) is 57.5 Å².